The van der Waals surface area contributed by atoms with Gasteiger partial charge in [-0.2, -0.15) is 0 Å². The van der Waals surface area contributed by atoms with Gasteiger partial charge in [0.1, 0.15) is 0 Å². The van der Waals surface area contributed by atoms with Gasteiger partial charge in [-0.3, -0.25) is 4.79 Å². The monoisotopic (exact) mass is 200 g/mol. The summed E-state index contributed by atoms with van der Waals surface area (Å²) in [6.07, 6.45) is 5.88. The van der Waals surface area contributed by atoms with Crippen molar-refractivity contribution in [2.24, 2.45) is 5.92 Å². The topological polar surface area (TPSA) is 26.3 Å². The molecule has 0 aromatic heterocycles. The third-order valence-electron chi connectivity index (χ3n) is 3.20. The van der Waals surface area contributed by atoms with Crippen LogP contribution in [0, 0.1) is 5.92 Å². The van der Waals surface area contributed by atoms with Gasteiger partial charge in [0, 0.05) is 0 Å². The lowest BCUT2D eigenvalue weighted by atomic mass is 9.85. The van der Waals surface area contributed by atoms with Crippen molar-refractivity contribution in [1.82, 2.24) is 0 Å². The molecule has 1 aliphatic heterocycles. The van der Waals surface area contributed by atoms with Crippen LogP contribution in [-0.2, 0) is 9.53 Å². The van der Waals surface area contributed by atoms with Crippen LogP contribution >= 0.6 is 11.8 Å². The summed E-state index contributed by atoms with van der Waals surface area (Å²) in [6, 6.07) is 0. The summed E-state index contributed by atoms with van der Waals surface area (Å²) < 4.78 is 5.41. The average molecular weight is 200 g/mol. The van der Waals surface area contributed by atoms with Crippen LogP contribution in [0.5, 0.6) is 0 Å². The molecule has 2 fully saturated rings. The second kappa shape index (κ2) is 3.52. The molecular weight excluding hydrogens is 184 g/mol. The highest BCUT2D eigenvalue weighted by Gasteiger charge is 2.43. The van der Waals surface area contributed by atoms with Crippen molar-refractivity contribution in [2.45, 2.75) is 44.0 Å². The summed E-state index contributed by atoms with van der Waals surface area (Å²) in [4.78, 5) is 10.9. The number of thioether (sulfide) groups is 1. The molecule has 1 heterocycles. The zero-order valence-electron chi connectivity index (χ0n) is 8.04. The highest BCUT2D eigenvalue weighted by atomic mass is 32.2. The van der Waals surface area contributed by atoms with Gasteiger partial charge in [0.15, 0.2) is 4.93 Å². The van der Waals surface area contributed by atoms with E-state index in [1.54, 1.807) is 11.8 Å². The van der Waals surface area contributed by atoms with E-state index in [4.69, 9.17) is 4.74 Å². The summed E-state index contributed by atoms with van der Waals surface area (Å²) in [5.41, 5.74) is 0. The van der Waals surface area contributed by atoms with Gasteiger partial charge in [0.05, 0.1) is 5.75 Å². The van der Waals surface area contributed by atoms with Crippen LogP contribution in [0.15, 0.2) is 0 Å². The largest absolute Gasteiger partial charge is 0.447 e. The molecule has 2 rings (SSSR count). The van der Waals surface area contributed by atoms with Crippen molar-refractivity contribution >= 4 is 17.7 Å². The number of hydrogen-bond donors (Lipinski definition) is 0. The standard InChI is InChI=1S/C10H16O2S/c1-2-8-3-5-10(6-4-8)12-9(11)7-13-10/h8H,2-7H2,1H3. The van der Waals surface area contributed by atoms with Crippen LogP contribution in [0.2, 0.25) is 0 Å². The van der Waals surface area contributed by atoms with Gasteiger partial charge in [0.2, 0.25) is 0 Å². The molecule has 0 atom stereocenters. The Morgan fingerprint density at radius 3 is 2.69 bits per heavy atom. The second-order valence-corrected chi connectivity index (χ2v) is 5.35. The smallest absolute Gasteiger partial charge is 0.317 e. The van der Waals surface area contributed by atoms with Gasteiger partial charge in [-0.25, -0.2) is 0 Å². The molecule has 0 N–H and O–H groups in total. The predicted octanol–water partition coefficient (Wildman–Crippen LogP) is 2.57. The Labute approximate surface area is 83.4 Å². The lowest BCUT2D eigenvalue weighted by Gasteiger charge is -2.34. The van der Waals surface area contributed by atoms with E-state index < -0.39 is 0 Å². The number of rotatable bonds is 1. The minimum Gasteiger partial charge on any atom is -0.447 e. The maximum atomic E-state index is 11.0. The molecule has 3 heteroatoms. The van der Waals surface area contributed by atoms with Crippen molar-refractivity contribution in [3.8, 4) is 0 Å². The van der Waals surface area contributed by atoms with Gasteiger partial charge in [-0.15, -0.1) is 11.8 Å². The van der Waals surface area contributed by atoms with Gasteiger partial charge in [-0.1, -0.05) is 13.3 Å². The van der Waals surface area contributed by atoms with Crippen LogP contribution in [0.25, 0.3) is 0 Å². The molecule has 1 aliphatic carbocycles. The van der Waals surface area contributed by atoms with Crippen LogP contribution < -0.4 is 0 Å². The molecule has 74 valence electrons. The van der Waals surface area contributed by atoms with E-state index in [2.05, 4.69) is 6.92 Å². The molecule has 0 aromatic rings. The number of ether oxygens (including phenoxy) is 1. The van der Waals surface area contributed by atoms with Crippen LogP contribution in [0.1, 0.15) is 39.0 Å². The Morgan fingerprint density at radius 2 is 2.23 bits per heavy atom. The zero-order chi connectivity index (χ0) is 9.31. The highest BCUT2D eigenvalue weighted by molar-refractivity contribution is 8.01. The number of carbonyl (C=O) groups excluding carboxylic acids is 1. The molecule has 1 saturated heterocycles. The Balaban J connectivity index is 1.93. The van der Waals surface area contributed by atoms with E-state index in [0.29, 0.717) is 5.75 Å². The summed E-state index contributed by atoms with van der Waals surface area (Å²) in [7, 11) is 0. The molecule has 1 saturated carbocycles. The lowest BCUT2D eigenvalue weighted by Crippen LogP contribution is -2.31. The fraction of sp³-hybridized carbons (Fsp3) is 0.900. The summed E-state index contributed by atoms with van der Waals surface area (Å²) in [6.45, 7) is 2.25. The Morgan fingerprint density at radius 1 is 1.54 bits per heavy atom. The minimum atomic E-state index is -0.108. The maximum absolute atomic E-state index is 11.0. The fourth-order valence-corrected chi connectivity index (χ4v) is 3.34. The van der Waals surface area contributed by atoms with Crippen molar-refractivity contribution in [2.75, 3.05) is 5.75 Å². The lowest BCUT2D eigenvalue weighted by molar-refractivity contribution is -0.147. The maximum Gasteiger partial charge on any atom is 0.317 e. The third kappa shape index (κ3) is 1.85. The molecule has 2 aliphatic rings. The van der Waals surface area contributed by atoms with E-state index in [-0.39, 0.29) is 10.9 Å². The number of carbonyl (C=O) groups is 1. The van der Waals surface area contributed by atoms with E-state index >= 15 is 0 Å². The Bertz CT molecular complexity index is 207. The number of hydrogen-bond acceptors (Lipinski definition) is 3. The van der Waals surface area contributed by atoms with Gasteiger partial charge in [-0.05, 0) is 31.6 Å². The first kappa shape index (κ1) is 9.38. The third-order valence-corrected chi connectivity index (χ3v) is 4.59. The summed E-state index contributed by atoms with van der Waals surface area (Å²) in [5, 5.41) is 0. The zero-order valence-corrected chi connectivity index (χ0v) is 8.86. The molecule has 0 radical (unpaired) electrons. The van der Waals surface area contributed by atoms with E-state index in [9.17, 15) is 4.79 Å². The first-order valence-electron chi connectivity index (χ1n) is 5.10. The quantitative estimate of drug-likeness (QED) is 0.608. The molecule has 13 heavy (non-hydrogen) atoms. The highest BCUT2D eigenvalue weighted by Crippen LogP contribution is 2.46. The molecular formula is C10H16O2S. The van der Waals surface area contributed by atoms with Crippen molar-refractivity contribution < 1.29 is 9.53 Å². The van der Waals surface area contributed by atoms with Gasteiger partial charge >= 0.3 is 5.97 Å². The van der Waals surface area contributed by atoms with E-state index in [1.165, 1.54) is 19.3 Å². The summed E-state index contributed by atoms with van der Waals surface area (Å²) >= 11 is 1.71. The second-order valence-electron chi connectivity index (χ2n) is 4.03. The molecule has 0 unspecified atom stereocenters. The van der Waals surface area contributed by atoms with Crippen molar-refractivity contribution in [3.63, 3.8) is 0 Å². The molecule has 2 nitrogen and oxygen atoms in total. The van der Waals surface area contributed by atoms with E-state index in [1.807, 2.05) is 0 Å². The van der Waals surface area contributed by atoms with Crippen LogP contribution in [-0.4, -0.2) is 16.7 Å². The molecule has 0 aromatic carbocycles. The van der Waals surface area contributed by atoms with Crippen LogP contribution in [0.4, 0.5) is 0 Å². The Kier molecular flexibility index (Phi) is 2.54. The average Bonchev–Trinajstić information content (AvgIpc) is 2.49. The van der Waals surface area contributed by atoms with Crippen molar-refractivity contribution in [1.29, 1.82) is 0 Å². The van der Waals surface area contributed by atoms with Gasteiger partial charge in [0.25, 0.3) is 0 Å². The van der Waals surface area contributed by atoms with Gasteiger partial charge < -0.3 is 4.74 Å². The van der Waals surface area contributed by atoms with Crippen LogP contribution in [0.3, 0.4) is 0 Å². The first-order chi connectivity index (χ1) is 6.24. The molecule has 1 spiro atoms. The fourth-order valence-electron chi connectivity index (χ4n) is 2.23. The minimum absolute atomic E-state index is 0.0139. The van der Waals surface area contributed by atoms with Crippen molar-refractivity contribution in [3.05, 3.63) is 0 Å². The molecule has 0 bridgehead atoms. The normalized spacial score (nSPS) is 39.5. The van der Waals surface area contributed by atoms with E-state index in [0.717, 1.165) is 18.8 Å². The summed E-state index contributed by atoms with van der Waals surface area (Å²) in [5.74, 6) is 1.42. The predicted molar refractivity (Wildman–Crippen MR) is 53.5 cm³/mol. The Hall–Kier alpha value is -0.180. The first-order valence-corrected chi connectivity index (χ1v) is 6.08. The SMILES string of the molecule is CCC1CCC2(CC1)OC(=O)CS2. The number of esters is 1. The molecule has 0 amide bonds.